The van der Waals surface area contributed by atoms with E-state index in [1.807, 2.05) is 13.1 Å². The second-order valence-electron chi connectivity index (χ2n) is 4.55. The third kappa shape index (κ3) is 5.01. The van der Waals surface area contributed by atoms with Gasteiger partial charge in [-0.3, -0.25) is 0 Å². The number of hydrogen-bond donors (Lipinski definition) is 1. The number of nitrogens with one attached hydrogen (secondary N) is 1. The van der Waals surface area contributed by atoms with Crippen LogP contribution in [0.15, 0.2) is 18.2 Å². The third-order valence-electron chi connectivity index (χ3n) is 2.73. The van der Waals surface area contributed by atoms with Crippen LogP contribution < -0.4 is 10.1 Å². The molecule has 108 valence electrons. The van der Waals surface area contributed by atoms with E-state index in [1.165, 1.54) is 0 Å². The lowest BCUT2D eigenvalue weighted by molar-refractivity contribution is 0.336. The normalized spacial score (nSPS) is 11.8. The van der Waals surface area contributed by atoms with Crippen LogP contribution in [0.3, 0.4) is 0 Å². The van der Waals surface area contributed by atoms with E-state index in [9.17, 15) is 8.42 Å². The predicted octanol–water partition coefficient (Wildman–Crippen LogP) is 2.26. The van der Waals surface area contributed by atoms with E-state index < -0.39 is 9.84 Å². The van der Waals surface area contributed by atoms with Crippen molar-refractivity contribution >= 4 is 21.4 Å². The molecule has 0 saturated carbocycles. The molecule has 0 bridgehead atoms. The lowest BCUT2D eigenvalue weighted by Gasteiger charge is -2.13. The highest BCUT2D eigenvalue weighted by Gasteiger charge is 2.16. The van der Waals surface area contributed by atoms with Gasteiger partial charge in [-0.15, -0.1) is 0 Å². The van der Waals surface area contributed by atoms with E-state index in [0.29, 0.717) is 17.3 Å². The number of rotatable bonds is 7. The number of benzene rings is 1. The summed E-state index contributed by atoms with van der Waals surface area (Å²) in [6.45, 7) is 4.11. The van der Waals surface area contributed by atoms with Crippen LogP contribution in [0.2, 0.25) is 5.02 Å². The first-order chi connectivity index (χ1) is 8.86. The molecule has 0 aliphatic carbocycles. The summed E-state index contributed by atoms with van der Waals surface area (Å²) in [5, 5.41) is 3.27. The zero-order valence-electron chi connectivity index (χ0n) is 11.4. The molecule has 0 atom stereocenters. The zero-order valence-corrected chi connectivity index (χ0v) is 13.0. The monoisotopic (exact) mass is 305 g/mol. The summed E-state index contributed by atoms with van der Waals surface area (Å²) in [7, 11) is -1.24. The largest absolute Gasteiger partial charge is 0.492 e. The van der Waals surface area contributed by atoms with Crippen LogP contribution in [0, 0.1) is 0 Å². The summed E-state index contributed by atoms with van der Waals surface area (Å²) in [6, 6.07) is 5.30. The van der Waals surface area contributed by atoms with Gasteiger partial charge in [0.1, 0.15) is 12.4 Å². The van der Waals surface area contributed by atoms with Crippen LogP contribution in [0.4, 0.5) is 0 Å². The molecule has 0 spiro atoms. The highest BCUT2D eigenvalue weighted by Crippen LogP contribution is 2.23. The number of sulfone groups is 1. The standard InChI is InChI=1S/C13H20ClNO3S/c1-10(2)19(16,17)7-6-18-13-5-4-12(14)8-11(13)9-15-3/h4-5,8,10,15H,6-7,9H2,1-3H3. The van der Waals surface area contributed by atoms with E-state index in [1.54, 1.807) is 26.0 Å². The second-order valence-corrected chi connectivity index (χ2v) is 7.66. The van der Waals surface area contributed by atoms with Crippen molar-refractivity contribution in [1.29, 1.82) is 0 Å². The maximum Gasteiger partial charge on any atom is 0.155 e. The van der Waals surface area contributed by atoms with Gasteiger partial charge in [0.2, 0.25) is 0 Å². The molecule has 6 heteroatoms. The van der Waals surface area contributed by atoms with Gasteiger partial charge in [-0.25, -0.2) is 8.42 Å². The lowest BCUT2D eigenvalue weighted by atomic mass is 10.2. The fourth-order valence-corrected chi connectivity index (χ4v) is 2.50. The lowest BCUT2D eigenvalue weighted by Crippen LogP contribution is -2.22. The predicted molar refractivity (Wildman–Crippen MR) is 78.6 cm³/mol. The number of halogens is 1. The van der Waals surface area contributed by atoms with Crippen molar-refractivity contribution in [2.45, 2.75) is 25.6 Å². The molecule has 0 aliphatic heterocycles. The van der Waals surface area contributed by atoms with E-state index >= 15 is 0 Å². The average molecular weight is 306 g/mol. The third-order valence-corrected chi connectivity index (χ3v) is 5.14. The van der Waals surface area contributed by atoms with Gasteiger partial charge in [0.15, 0.2) is 9.84 Å². The first-order valence-corrected chi connectivity index (χ1v) is 8.23. The summed E-state index contributed by atoms with van der Waals surface area (Å²) >= 11 is 5.92. The van der Waals surface area contributed by atoms with Gasteiger partial charge in [0.25, 0.3) is 0 Å². The van der Waals surface area contributed by atoms with Crippen LogP contribution in [-0.2, 0) is 16.4 Å². The van der Waals surface area contributed by atoms with E-state index in [4.69, 9.17) is 16.3 Å². The van der Waals surface area contributed by atoms with Crippen LogP contribution >= 0.6 is 11.6 Å². The summed E-state index contributed by atoms with van der Waals surface area (Å²) in [6.07, 6.45) is 0. The molecule has 0 heterocycles. The summed E-state index contributed by atoms with van der Waals surface area (Å²) < 4.78 is 28.9. The number of ether oxygens (including phenoxy) is 1. The molecule has 0 unspecified atom stereocenters. The summed E-state index contributed by atoms with van der Waals surface area (Å²) in [5.74, 6) is 0.685. The highest BCUT2D eigenvalue weighted by molar-refractivity contribution is 7.91. The van der Waals surface area contributed by atoms with Crippen LogP contribution in [0.25, 0.3) is 0 Å². The summed E-state index contributed by atoms with van der Waals surface area (Å²) in [4.78, 5) is 0. The molecule has 1 aromatic carbocycles. The van der Waals surface area contributed by atoms with Crippen LogP contribution in [0.5, 0.6) is 5.75 Å². The van der Waals surface area contributed by atoms with Crippen molar-refractivity contribution in [3.8, 4) is 5.75 Å². The van der Waals surface area contributed by atoms with E-state index in [0.717, 1.165) is 5.56 Å². The molecule has 0 aliphatic rings. The average Bonchev–Trinajstić information content (AvgIpc) is 2.32. The molecule has 0 fully saturated rings. The number of hydrogen-bond acceptors (Lipinski definition) is 4. The van der Waals surface area contributed by atoms with Gasteiger partial charge in [-0.1, -0.05) is 11.6 Å². The summed E-state index contributed by atoms with van der Waals surface area (Å²) in [5.41, 5.74) is 0.914. The first kappa shape index (κ1) is 16.3. The molecule has 4 nitrogen and oxygen atoms in total. The molecule has 19 heavy (non-hydrogen) atoms. The van der Waals surface area contributed by atoms with Crippen molar-refractivity contribution in [2.24, 2.45) is 0 Å². The highest BCUT2D eigenvalue weighted by atomic mass is 35.5. The Morgan fingerprint density at radius 3 is 2.63 bits per heavy atom. The molecule has 0 radical (unpaired) electrons. The van der Waals surface area contributed by atoms with Crippen LogP contribution in [-0.4, -0.2) is 33.1 Å². The molecular formula is C13H20ClNO3S. The Hall–Kier alpha value is -0.780. The van der Waals surface area contributed by atoms with Crippen molar-refractivity contribution in [3.63, 3.8) is 0 Å². The Kier molecular flexibility index (Phi) is 6.10. The molecule has 0 aromatic heterocycles. The molecule has 0 saturated heterocycles. The minimum atomic E-state index is -3.07. The molecular weight excluding hydrogens is 286 g/mol. The van der Waals surface area contributed by atoms with Crippen molar-refractivity contribution < 1.29 is 13.2 Å². The van der Waals surface area contributed by atoms with Gasteiger partial charge >= 0.3 is 0 Å². The second kappa shape index (κ2) is 7.12. The van der Waals surface area contributed by atoms with E-state index in [2.05, 4.69) is 5.32 Å². The first-order valence-electron chi connectivity index (χ1n) is 6.14. The quantitative estimate of drug-likeness (QED) is 0.839. The van der Waals surface area contributed by atoms with Crippen molar-refractivity contribution in [2.75, 3.05) is 19.4 Å². The Morgan fingerprint density at radius 2 is 2.05 bits per heavy atom. The Bertz CT molecular complexity index is 515. The smallest absolute Gasteiger partial charge is 0.155 e. The molecule has 1 aromatic rings. The van der Waals surface area contributed by atoms with E-state index in [-0.39, 0.29) is 17.6 Å². The maximum absolute atomic E-state index is 11.7. The Balaban J connectivity index is 2.68. The van der Waals surface area contributed by atoms with Gasteiger partial charge in [-0.2, -0.15) is 0 Å². The molecule has 0 amide bonds. The SMILES string of the molecule is CNCc1cc(Cl)ccc1OCCS(=O)(=O)C(C)C. The zero-order chi connectivity index (χ0) is 14.5. The minimum absolute atomic E-state index is 0.0201. The minimum Gasteiger partial charge on any atom is -0.492 e. The van der Waals surface area contributed by atoms with Gasteiger partial charge in [0.05, 0.1) is 11.0 Å². The fourth-order valence-electron chi connectivity index (χ4n) is 1.52. The maximum atomic E-state index is 11.7. The molecule has 1 rings (SSSR count). The Morgan fingerprint density at radius 1 is 1.37 bits per heavy atom. The van der Waals surface area contributed by atoms with Crippen LogP contribution in [0.1, 0.15) is 19.4 Å². The topological polar surface area (TPSA) is 55.4 Å². The fraction of sp³-hybridized carbons (Fsp3) is 0.538. The van der Waals surface area contributed by atoms with Gasteiger partial charge in [0, 0.05) is 17.1 Å². The Labute approximate surface area is 120 Å². The van der Waals surface area contributed by atoms with Gasteiger partial charge in [-0.05, 0) is 39.1 Å². The van der Waals surface area contributed by atoms with Crippen molar-refractivity contribution in [3.05, 3.63) is 28.8 Å². The van der Waals surface area contributed by atoms with Gasteiger partial charge < -0.3 is 10.1 Å². The van der Waals surface area contributed by atoms with Crippen molar-refractivity contribution in [1.82, 2.24) is 5.32 Å². The molecule has 1 N–H and O–H groups in total.